The van der Waals surface area contributed by atoms with Crippen molar-refractivity contribution in [2.45, 2.75) is 96.4 Å². The predicted octanol–water partition coefficient (Wildman–Crippen LogP) is 6.22. The zero-order chi connectivity index (χ0) is 16.9. The SMILES string of the molecule is CC(C)(C)[Si](C)(C)OC(CCCC1CCCCC1)c1c[nH]cn1. The summed E-state index contributed by atoms with van der Waals surface area (Å²) in [4.78, 5) is 7.59. The molecule has 0 amide bonds. The second kappa shape index (κ2) is 7.97. The lowest BCUT2D eigenvalue weighted by molar-refractivity contribution is 0.162. The molecule has 1 aromatic heterocycles. The number of aromatic nitrogens is 2. The highest BCUT2D eigenvalue weighted by atomic mass is 28.4. The van der Waals surface area contributed by atoms with Gasteiger partial charge in [-0.05, 0) is 30.5 Å². The Balaban J connectivity index is 1.92. The number of nitrogens with zero attached hydrogens (tertiary/aromatic N) is 1. The molecule has 0 saturated heterocycles. The van der Waals surface area contributed by atoms with Crippen LogP contribution in [0.5, 0.6) is 0 Å². The first-order valence-electron chi connectivity index (χ1n) is 9.46. The number of rotatable bonds is 7. The van der Waals surface area contributed by atoms with Crippen molar-refractivity contribution >= 4 is 8.32 Å². The van der Waals surface area contributed by atoms with Gasteiger partial charge in [-0.3, -0.25) is 0 Å². The summed E-state index contributed by atoms with van der Waals surface area (Å²) >= 11 is 0. The first kappa shape index (κ1) is 18.7. The first-order chi connectivity index (χ1) is 10.8. The lowest BCUT2D eigenvalue weighted by Crippen LogP contribution is -2.41. The lowest BCUT2D eigenvalue weighted by atomic mass is 9.85. The van der Waals surface area contributed by atoms with E-state index in [0.29, 0.717) is 0 Å². The molecule has 1 saturated carbocycles. The third-order valence-corrected chi connectivity index (χ3v) is 10.4. The van der Waals surface area contributed by atoms with E-state index in [0.717, 1.165) is 18.0 Å². The highest BCUT2D eigenvalue weighted by Crippen LogP contribution is 2.41. The molecule has 132 valence electrons. The van der Waals surface area contributed by atoms with Crippen LogP contribution in [0, 0.1) is 5.92 Å². The van der Waals surface area contributed by atoms with Gasteiger partial charge in [-0.15, -0.1) is 0 Å². The minimum absolute atomic E-state index is 0.158. The molecule has 2 rings (SSSR count). The second-order valence-corrected chi connectivity index (χ2v) is 13.6. The number of hydrogen-bond donors (Lipinski definition) is 1. The van der Waals surface area contributed by atoms with E-state index in [2.05, 4.69) is 43.8 Å². The van der Waals surface area contributed by atoms with Crippen molar-refractivity contribution in [2.75, 3.05) is 0 Å². The van der Waals surface area contributed by atoms with Crippen LogP contribution in [0.2, 0.25) is 18.1 Å². The molecular formula is C19H36N2OSi. The molecule has 0 bridgehead atoms. The molecule has 0 aromatic carbocycles. The summed E-state index contributed by atoms with van der Waals surface area (Å²) in [7, 11) is -1.77. The number of aromatic amines is 1. The fraction of sp³-hybridized carbons (Fsp3) is 0.842. The van der Waals surface area contributed by atoms with Crippen LogP contribution in [0.15, 0.2) is 12.5 Å². The van der Waals surface area contributed by atoms with E-state index < -0.39 is 8.32 Å². The molecule has 1 N–H and O–H groups in total. The van der Waals surface area contributed by atoms with Gasteiger partial charge in [0.25, 0.3) is 0 Å². The maximum absolute atomic E-state index is 6.69. The van der Waals surface area contributed by atoms with E-state index in [1.165, 1.54) is 44.9 Å². The minimum atomic E-state index is -1.77. The molecule has 1 aliphatic rings. The molecule has 4 heteroatoms. The minimum Gasteiger partial charge on any atom is -0.408 e. The van der Waals surface area contributed by atoms with Gasteiger partial charge in [0.15, 0.2) is 8.32 Å². The van der Waals surface area contributed by atoms with Crippen molar-refractivity contribution in [3.05, 3.63) is 18.2 Å². The van der Waals surface area contributed by atoms with Crippen LogP contribution in [-0.4, -0.2) is 18.3 Å². The molecule has 3 nitrogen and oxygen atoms in total. The van der Waals surface area contributed by atoms with Crippen LogP contribution in [-0.2, 0) is 4.43 Å². The van der Waals surface area contributed by atoms with Crippen molar-refractivity contribution in [3.63, 3.8) is 0 Å². The molecule has 1 aromatic rings. The molecule has 1 heterocycles. The Labute approximate surface area is 143 Å². The summed E-state index contributed by atoms with van der Waals surface area (Å²) in [5, 5.41) is 0.241. The average molecular weight is 337 g/mol. The summed E-state index contributed by atoms with van der Waals surface area (Å²) in [5.41, 5.74) is 1.08. The topological polar surface area (TPSA) is 37.9 Å². The van der Waals surface area contributed by atoms with Crippen LogP contribution >= 0.6 is 0 Å². The molecule has 0 spiro atoms. The van der Waals surface area contributed by atoms with E-state index in [-0.39, 0.29) is 11.1 Å². The van der Waals surface area contributed by atoms with Crippen LogP contribution < -0.4 is 0 Å². The number of hydrogen-bond acceptors (Lipinski definition) is 2. The Kier molecular flexibility index (Phi) is 6.49. The quantitative estimate of drug-likeness (QED) is 0.600. The maximum Gasteiger partial charge on any atom is 0.192 e. The Morgan fingerprint density at radius 2 is 1.96 bits per heavy atom. The monoisotopic (exact) mass is 336 g/mol. The second-order valence-electron chi connectivity index (χ2n) is 8.80. The fourth-order valence-corrected chi connectivity index (χ4v) is 4.62. The Morgan fingerprint density at radius 3 is 2.52 bits per heavy atom. The summed E-state index contributed by atoms with van der Waals surface area (Å²) in [6.45, 7) is 11.6. The summed E-state index contributed by atoms with van der Waals surface area (Å²) in [6.07, 6.45) is 14.9. The van der Waals surface area contributed by atoms with Crippen molar-refractivity contribution in [3.8, 4) is 0 Å². The molecule has 23 heavy (non-hydrogen) atoms. The molecule has 0 radical (unpaired) electrons. The Bertz CT molecular complexity index is 444. The van der Waals surface area contributed by atoms with Gasteiger partial charge >= 0.3 is 0 Å². The number of H-pyrrole nitrogens is 1. The molecule has 0 aliphatic heterocycles. The zero-order valence-corrected chi connectivity index (χ0v) is 16.8. The first-order valence-corrected chi connectivity index (χ1v) is 12.4. The van der Waals surface area contributed by atoms with Gasteiger partial charge in [0.05, 0.1) is 18.1 Å². The maximum atomic E-state index is 6.69. The van der Waals surface area contributed by atoms with Gasteiger partial charge < -0.3 is 9.41 Å². The van der Waals surface area contributed by atoms with Crippen LogP contribution in [0.1, 0.15) is 83.9 Å². The van der Waals surface area contributed by atoms with E-state index in [9.17, 15) is 0 Å². The normalized spacial score (nSPS) is 19.0. The van der Waals surface area contributed by atoms with Gasteiger partial charge in [0.2, 0.25) is 0 Å². The molecule has 1 fully saturated rings. The smallest absolute Gasteiger partial charge is 0.192 e. The highest BCUT2D eigenvalue weighted by Gasteiger charge is 2.39. The standard InChI is InChI=1S/C19H36N2OSi/c1-19(2,3)23(4,5)22-18(17-14-20-15-21-17)13-9-12-16-10-7-6-8-11-16/h14-16,18H,6-13H2,1-5H3,(H,20,21). The van der Waals surface area contributed by atoms with Crippen molar-refractivity contribution in [1.29, 1.82) is 0 Å². The van der Waals surface area contributed by atoms with Crippen molar-refractivity contribution < 1.29 is 4.43 Å². The largest absolute Gasteiger partial charge is 0.408 e. The van der Waals surface area contributed by atoms with E-state index in [4.69, 9.17) is 4.43 Å². The van der Waals surface area contributed by atoms with Crippen molar-refractivity contribution in [2.24, 2.45) is 5.92 Å². The molecule has 1 unspecified atom stereocenters. The van der Waals surface area contributed by atoms with E-state index in [1.54, 1.807) is 6.33 Å². The highest BCUT2D eigenvalue weighted by molar-refractivity contribution is 6.74. The fourth-order valence-electron chi connectivity index (χ4n) is 3.32. The van der Waals surface area contributed by atoms with Crippen LogP contribution in [0.4, 0.5) is 0 Å². The van der Waals surface area contributed by atoms with Gasteiger partial charge in [-0.25, -0.2) is 4.98 Å². The van der Waals surface area contributed by atoms with Crippen molar-refractivity contribution in [1.82, 2.24) is 9.97 Å². The Morgan fingerprint density at radius 1 is 1.26 bits per heavy atom. The summed E-state index contributed by atoms with van der Waals surface area (Å²) < 4.78 is 6.69. The number of nitrogens with one attached hydrogen (secondary N) is 1. The van der Waals surface area contributed by atoms with E-state index in [1.807, 2.05) is 6.20 Å². The van der Waals surface area contributed by atoms with Gasteiger partial charge in [-0.2, -0.15) is 0 Å². The van der Waals surface area contributed by atoms with Crippen LogP contribution in [0.25, 0.3) is 0 Å². The molecular weight excluding hydrogens is 300 g/mol. The number of imidazole rings is 1. The predicted molar refractivity (Wildman–Crippen MR) is 100 cm³/mol. The average Bonchev–Trinajstić information content (AvgIpc) is 3.00. The van der Waals surface area contributed by atoms with Gasteiger partial charge in [-0.1, -0.05) is 65.7 Å². The third kappa shape index (κ3) is 5.46. The summed E-state index contributed by atoms with van der Waals surface area (Å²) in [6, 6.07) is 0. The molecule has 1 aliphatic carbocycles. The summed E-state index contributed by atoms with van der Waals surface area (Å²) in [5.74, 6) is 0.955. The van der Waals surface area contributed by atoms with Crippen LogP contribution in [0.3, 0.4) is 0 Å². The molecule has 1 atom stereocenters. The zero-order valence-electron chi connectivity index (χ0n) is 15.8. The third-order valence-electron chi connectivity index (χ3n) is 5.90. The lowest BCUT2D eigenvalue weighted by Gasteiger charge is -2.39. The Hall–Kier alpha value is -0.613. The van der Waals surface area contributed by atoms with E-state index >= 15 is 0 Å². The van der Waals surface area contributed by atoms with Gasteiger partial charge in [0.1, 0.15) is 0 Å². The van der Waals surface area contributed by atoms with Gasteiger partial charge in [0, 0.05) is 6.20 Å².